The number of hydrogen-bond acceptors (Lipinski definition) is 3. The normalized spacial score (nSPS) is 10.2. The summed E-state index contributed by atoms with van der Waals surface area (Å²) in [5.74, 6) is -2.03. The van der Waals surface area contributed by atoms with Gasteiger partial charge in [-0.05, 0) is 24.6 Å². The molecule has 0 spiro atoms. The van der Waals surface area contributed by atoms with E-state index in [9.17, 15) is 13.6 Å². The maximum absolute atomic E-state index is 13.5. The van der Waals surface area contributed by atoms with E-state index in [0.717, 1.165) is 19.0 Å². The molecule has 0 aliphatic carbocycles. The van der Waals surface area contributed by atoms with Crippen LogP contribution in [0.15, 0.2) is 36.7 Å². The Balaban J connectivity index is 2.12. The molecule has 0 aliphatic rings. The third kappa shape index (κ3) is 3.98. The number of nitrogens with one attached hydrogen (secondary N) is 2. The van der Waals surface area contributed by atoms with Crippen LogP contribution >= 0.6 is 0 Å². The first-order valence-corrected chi connectivity index (χ1v) is 6.55. The second kappa shape index (κ2) is 6.78. The number of aromatic nitrogens is 1. The number of anilines is 2. The first kappa shape index (κ1) is 14.9. The number of carbonyl (C=O) groups excluding carboxylic acids is 1. The van der Waals surface area contributed by atoms with Gasteiger partial charge in [0.1, 0.15) is 11.6 Å². The van der Waals surface area contributed by atoms with Crippen molar-refractivity contribution in [3.8, 4) is 0 Å². The molecule has 0 radical (unpaired) electrons. The molecule has 0 unspecified atom stereocenters. The van der Waals surface area contributed by atoms with Crippen LogP contribution in [0.5, 0.6) is 0 Å². The molecule has 0 saturated heterocycles. The van der Waals surface area contributed by atoms with E-state index in [1.165, 1.54) is 12.3 Å². The first-order chi connectivity index (χ1) is 10.1. The van der Waals surface area contributed by atoms with Crippen LogP contribution in [0.1, 0.15) is 23.7 Å². The second-order valence-corrected chi connectivity index (χ2v) is 4.47. The molecule has 110 valence electrons. The molecule has 0 bridgehead atoms. The lowest BCUT2D eigenvalue weighted by Gasteiger charge is -2.08. The molecule has 2 rings (SSSR count). The quantitative estimate of drug-likeness (QED) is 0.887. The standard InChI is InChI=1S/C15H15F2N3O/c1-2-5-19-12-6-10(8-18-9-12)15(21)20-14-4-3-11(16)7-13(14)17/h3-4,6-9,19H,2,5H2,1H3,(H,20,21). The number of halogens is 2. The highest BCUT2D eigenvalue weighted by molar-refractivity contribution is 6.04. The minimum atomic E-state index is -0.823. The van der Waals surface area contributed by atoms with Gasteiger partial charge in [0.25, 0.3) is 5.91 Å². The van der Waals surface area contributed by atoms with Crippen LogP contribution in [0.25, 0.3) is 0 Å². The summed E-state index contributed by atoms with van der Waals surface area (Å²) in [7, 11) is 0. The highest BCUT2D eigenvalue weighted by Crippen LogP contribution is 2.17. The minimum Gasteiger partial charge on any atom is -0.384 e. The molecule has 2 aromatic rings. The van der Waals surface area contributed by atoms with E-state index in [1.54, 1.807) is 12.3 Å². The maximum Gasteiger partial charge on any atom is 0.257 e. The van der Waals surface area contributed by atoms with E-state index >= 15 is 0 Å². The summed E-state index contributed by atoms with van der Waals surface area (Å²) in [5, 5.41) is 5.49. The third-order valence-corrected chi connectivity index (χ3v) is 2.76. The summed E-state index contributed by atoms with van der Waals surface area (Å²) in [6, 6.07) is 4.60. The SMILES string of the molecule is CCCNc1cncc(C(=O)Nc2ccc(F)cc2F)c1. The summed E-state index contributed by atoms with van der Waals surface area (Å²) < 4.78 is 26.3. The van der Waals surface area contributed by atoms with Gasteiger partial charge in [0.05, 0.1) is 16.9 Å². The predicted octanol–water partition coefficient (Wildman–Crippen LogP) is 3.43. The predicted molar refractivity (Wildman–Crippen MR) is 77.3 cm³/mol. The highest BCUT2D eigenvalue weighted by atomic mass is 19.1. The Bertz CT molecular complexity index is 647. The summed E-state index contributed by atoms with van der Waals surface area (Å²) >= 11 is 0. The molecule has 0 fully saturated rings. The third-order valence-electron chi connectivity index (χ3n) is 2.76. The zero-order chi connectivity index (χ0) is 15.2. The summed E-state index contributed by atoms with van der Waals surface area (Å²) in [5.41, 5.74) is 0.928. The van der Waals surface area contributed by atoms with Gasteiger partial charge in [-0.2, -0.15) is 0 Å². The van der Waals surface area contributed by atoms with Gasteiger partial charge in [0, 0.05) is 25.0 Å². The van der Waals surface area contributed by atoms with Crippen LogP contribution < -0.4 is 10.6 Å². The van der Waals surface area contributed by atoms with Gasteiger partial charge in [-0.15, -0.1) is 0 Å². The lowest BCUT2D eigenvalue weighted by molar-refractivity contribution is 0.102. The van der Waals surface area contributed by atoms with Gasteiger partial charge < -0.3 is 10.6 Å². The average molecular weight is 291 g/mol. The van der Waals surface area contributed by atoms with Gasteiger partial charge in [-0.3, -0.25) is 9.78 Å². The topological polar surface area (TPSA) is 54.0 Å². The Labute approximate surface area is 121 Å². The van der Waals surface area contributed by atoms with E-state index in [1.807, 2.05) is 6.92 Å². The zero-order valence-corrected chi connectivity index (χ0v) is 11.5. The fraction of sp³-hybridized carbons (Fsp3) is 0.200. The Morgan fingerprint density at radius 3 is 2.76 bits per heavy atom. The molecule has 1 amide bonds. The maximum atomic E-state index is 13.5. The summed E-state index contributed by atoms with van der Waals surface area (Å²) in [6.45, 7) is 2.79. The average Bonchev–Trinajstić information content (AvgIpc) is 2.48. The number of hydrogen-bond donors (Lipinski definition) is 2. The fourth-order valence-corrected chi connectivity index (χ4v) is 1.72. The molecule has 1 aromatic carbocycles. The highest BCUT2D eigenvalue weighted by Gasteiger charge is 2.11. The molecule has 1 heterocycles. The number of rotatable bonds is 5. The van der Waals surface area contributed by atoms with Crippen LogP contribution in [0, 0.1) is 11.6 Å². The number of amides is 1. The largest absolute Gasteiger partial charge is 0.384 e. The van der Waals surface area contributed by atoms with Crippen LogP contribution in [0.4, 0.5) is 20.2 Å². The lowest BCUT2D eigenvalue weighted by Crippen LogP contribution is -2.14. The minimum absolute atomic E-state index is 0.0756. The van der Waals surface area contributed by atoms with Gasteiger partial charge in [-0.25, -0.2) is 8.78 Å². The van der Waals surface area contributed by atoms with Crippen molar-refractivity contribution in [2.45, 2.75) is 13.3 Å². The molecule has 2 N–H and O–H groups in total. The van der Waals surface area contributed by atoms with E-state index < -0.39 is 17.5 Å². The number of pyridine rings is 1. The van der Waals surface area contributed by atoms with E-state index in [4.69, 9.17) is 0 Å². The number of benzene rings is 1. The van der Waals surface area contributed by atoms with Crippen molar-refractivity contribution in [2.75, 3.05) is 17.2 Å². The smallest absolute Gasteiger partial charge is 0.257 e. The molecule has 21 heavy (non-hydrogen) atoms. The van der Waals surface area contributed by atoms with Gasteiger partial charge in [0.15, 0.2) is 0 Å². The fourth-order valence-electron chi connectivity index (χ4n) is 1.72. The van der Waals surface area contributed by atoms with Crippen molar-refractivity contribution in [3.05, 3.63) is 53.9 Å². The molecule has 0 atom stereocenters. The molecule has 6 heteroatoms. The molecule has 0 saturated carbocycles. The molecule has 1 aromatic heterocycles. The van der Waals surface area contributed by atoms with E-state index in [0.29, 0.717) is 17.3 Å². The molecular weight excluding hydrogens is 276 g/mol. The first-order valence-electron chi connectivity index (χ1n) is 6.55. The van der Waals surface area contributed by atoms with Crippen LogP contribution in [0.2, 0.25) is 0 Å². The van der Waals surface area contributed by atoms with Crippen molar-refractivity contribution in [2.24, 2.45) is 0 Å². The monoisotopic (exact) mass is 291 g/mol. The van der Waals surface area contributed by atoms with Gasteiger partial charge in [0.2, 0.25) is 0 Å². The lowest BCUT2D eigenvalue weighted by atomic mass is 10.2. The van der Waals surface area contributed by atoms with Crippen molar-refractivity contribution in [3.63, 3.8) is 0 Å². The summed E-state index contributed by atoms with van der Waals surface area (Å²) in [6.07, 6.45) is 3.93. The van der Waals surface area contributed by atoms with Crippen LogP contribution in [-0.4, -0.2) is 17.4 Å². The Morgan fingerprint density at radius 2 is 2.05 bits per heavy atom. The van der Waals surface area contributed by atoms with Gasteiger partial charge >= 0.3 is 0 Å². The zero-order valence-electron chi connectivity index (χ0n) is 11.5. The van der Waals surface area contributed by atoms with Crippen molar-refractivity contribution in [1.82, 2.24) is 4.98 Å². The molecular formula is C15H15F2N3O. The number of carbonyl (C=O) groups is 1. The van der Waals surface area contributed by atoms with Crippen LogP contribution in [0.3, 0.4) is 0 Å². The van der Waals surface area contributed by atoms with Gasteiger partial charge in [-0.1, -0.05) is 6.92 Å². The molecule has 4 nitrogen and oxygen atoms in total. The Kier molecular flexibility index (Phi) is 4.81. The Morgan fingerprint density at radius 1 is 1.24 bits per heavy atom. The van der Waals surface area contributed by atoms with Crippen LogP contribution in [-0.2, 0) is 0 Å². The molecule has 0 aliphatic heterocycles. The van der Waals surface area contributed by atoms with Crippen molar-refractivity contribution < 1.29 is 13.6 Å². The number of nitrogens with zero attached hydrogens (tertiary/aromatic N) is 1. The second-order valence-electron chi connectivity index (χ2n) is 4.47. The van der Waals surface area contributed by atoms with E-state index in [-0.39, 0.29) is 5.69 Å². The van der Waals surface area contributed by atoms with Crippen molar-refractivity contribution in [1.29, 1.82) is 0 Å². The Hall–Kier alpha value is -2.50. The van der Waals surface area contributed by atoms with Crippen molar-refractivity contribution >= 4 is 17.3 Å². The van der Waals surface area contributed by atoms with E-state index in [2.05, 4.69) is 15.6 Å². The summed E-state index contributed by atoms with van der Waals surface area (Å²) in [4.78, 5) is 16.0.